The number of benzene rings is 1. The van der Waals surface area contributed by atoms with Crippen LogP contribution in [0.3, 0.4) is 0 Å². The van der Waals surface area contributed by atoms with Gasteiger partial charge in [0.1, 0.15) is 22.6 Å². The van der Waals surface area contributed by atoms with Gasteiger partial charge in [-0.1, -0.05) is 27.5 Å². The van der Waals surface area contributed by atoms with Crippen molar-refractivity contribution in [3.8, 4) is 11.5 Å². The number of aromatic nitrogens is 1. The van der Waals surface area contributed by atoms with Crippen LogP contribution in [0.25, 0.3) is 11.5 Å². The van der Waals surface area contributed by atoms with E-state index in [4.69, 9.17) is 16.0 Å². The number of rotatable bonds is 3. The molecule has 0 N–H and O–H groups in total. The Labute approximate surface area is 112 Å². The Morgan fingerprint density at radius 3 is 2.65 bits per heavy atom. The van der Waals surface area contributed by atoms with Crippen molar-refractivity contribution in [3.63, 3.8) is 0 Å². The van der Waals surface area contributed by atoms with Crippen LogP contribution in [-0.4, -0.2) is 11.3 Å². The number of oxazole rings is 1. The minimum absolute atomic E-state index is 0.438. The zero-order valence-corrected chi connectivity index (χ0v) is 11.3. The molecule has 88 valence electrons. The lowest BCUT2D eigenvalue weighted by Crippen LogP contribution is -1.93. The third kappa shape index (κ3) is 2.58. The molecule has 1 atom stereocenters. The summed E-state index contributed by atoms with van der Waals surface area (Å²) in [4.78, 5) is 14.6. The van der Waals surface area contributed by atoms with Gasteiger partial charge in [-0.05, 0) is 31.2 Å². The molecule has 0 spiro atoms. The second-order valence-corrected chi connectivity index (χ2v) is 4.93. The SMILES string of the molecule is Cc1oc(-c2ccc(Cl)cc2)nc1C(Br)C=O. The summed E-state index contributed by atoms with van der Waals surface area (Å²) in [5.74, 6) is 1.12. The van der Waals surface area contributed by atoms with Gasteiger partial charge in [-0.2, -0.15) is 0 Å². The van der Waals surface area contributed by atoms with Crippen LogP contribution in [0.15, 0.2) is 28.7 Å². The van der Waals surface area contributed by atoms with Gasteiger partial charge < -0.3 is 9.21 Å². The van der Waals surface area contributed by atoms with Gasteiger partial charge in [0, 0.05) is 10.6 Å². The Morgan fingerprint density at radius 2 is 2.06 bits per heavy atom. The highest BCUT2D eigenvalue weighted by Crippen LogP contribution is 2.28. The zero-order chi connectivity index (χ0) is 12.4. The van der Waals surface area contributed by atoms with Crippen molar-refractivity contribution in [1.29, 1.82) is 0 Å². The molecule has 0 saturated carbocycles. The first-order valence-corrected chi connectivity index (χ1v) is 6.24. The molecule has 1 aromatic heterocycles. The molecule has 0 amide bonds. The van der Waals surface area contributed by atoms with Gasteiger partial charge in [-0.3, -0.25) is 0 Å². The Kier molecular flexibility index (Phi) is 3.64. The lowest BCUT2D eigenvalue weighted by molar-refractivity contribution is -0.107. The Balaban J connectivity index is 2.40. The van der Waals surface area contributed by atoms with Gasteiger partial charge in [0.25, 0.3) is 0 Å². The summed E-state index contributed by atoms with van der Waals surface area (Å²) < 4.78 is 5.52. The number of hydrogen-bond acceptors (Lipinski definition) is 3. The van der Waals surface area contributed by atoms with Gasteiger partial charge >= 0.3 is 0 Å². The van der Waals surface area contributed by atoms with Crippen LogP contribution in [0, 0.1) is 6.92 Å². The van der Waals surface area contributed by atoms with Crippen LogP contribution in [0.5, 0.6) is 0 Å². The molecule has 5 heteroatoms. The highest BCUT2D eigenvalue weighted by atomic mass is 79.9. The van der Waals surface area contributed by atoms with Crippen molar-refractivity contribution in [1.82, 2.24) is 4.98 Å². The van der Waals surface area contributed by atoms with E-state index >= 15 is 0 Å². The van der Waals surface area contributed by atoms with E-state index in [0.717, 1.165) is 11.8 Å². The largest absolute Gasteiger partial charge is 0.441 e. The number of hydrogen-bond donors (Lipinski definition) is 0. The molecule has 2 rings (SSSR count). The van der Waals surface area contributed by atoms with Gasteiger partial charge in [-0.25, -0.2) is 4.98 Å². The maximum absolute atomic E-state index is 10.7. The van der Waals surface area contributed by atoms with Crippen LogP contribution < -0.4 is 0 Å². The molecule has 3 nitrogen and oxygen atoms in total. The number of aldehydes is 1. The second-order valence-electron chi connectivity index (χ2n) is 3.51. The molecule has 0 radical (unpaired) electrons. The van der Waals surface area contributed by atoms with Crippen LogP contribution in [0.4, 0.5) is 0 Å². The third-order valence-corrected chi connectivity index (χ3v) is 3.21. The molecule has 2 aromatic rings. The summed E-state index contributed by atoms with van der Waals surface area (Å²) in [6, 6.07) is 7.17. The predicted molar refractivity (Wildman–Crippen MR) is 69.4 cm³/mol. The zero-order valence-electron chi connectivity index (χ0n) is 8.98. The van der Waals surface area contributed by atoms with Crippen LogP contribution in [0.2, 0.25) is 5.02 Å². The number of aryl methyl sites for hydroxylation is 1. The first-order valence-electron chi connectivity index (χ1n) is 4.94. The van der Waals surface area contributed by atoms with Crippen molar-refractivity contribution >= 4 is 33.8 Å². The van der Waals surface area contributed by atoms with E-state index in [1.807, 2.05) is 12.1 Å². The first-order chi connectivity index (χ1) is 8.11. The van der Waals surface area contributed by atoms with Crippen molar-refractivity contribution in [2.45, 2.75) is 11.8 Å². The molecule has 0 aliphatic carbocycles. The number of nitrogens with zero attached hydrogens (tertiary/aromatic N) is 1. The van der Waals surface area contributed by atoms with Gasteiger partial charge in [0.15, 0.2) is 0 Å². The summed E-state index contributed by atoms with van der Waals surface area (Å²) in [7, 11) is 0. The van der Waals surface area contributed by atoms with Crippen LogP contribution >= 0.6 is 27.5 Å². The maximum Gasteiger partial charge on any atom is 0.226 e. The number of halogens is 2. The molecule has 17 heavy (non-hydrogen) atoms. The van der Waals surface area contributed by atoms with Gasteiger partial charge in [-0.15, -0.1) is 0 Å². The Morgan fingerprint density at radius 1 is 1.41 bits per heavy atom. The van der Waals surface area contributed by atoms with E-state index < -0.39 is 4.83 Å². The maximum atomic E-state index is 10.7. The van der Waals surface area contributed by atoms with E-state index in [1.54, 1.807) is 19.1 Å². The summed E-state index contributed by atoms with van der Waals surface area (Å²) >= 11 is 9.03. The first kappa shape index (κ1) is 12.3. The highest BCUT2D eigenvalue weighted by Gasteiger charge is 2.17. The molecule has 0 fully saturated rings. The summed E-state index contributed by atoms with van der Waals surface area (Å²) in [5, 5.41) is 0.656. The number of alkyl halides is 1. The Bertz CT molecular complexity index is 536. The summed E-state index contributed by atoms with van der Waals surface area (Å²) in [5.41, 5.74) is 1.43. The molecule has 1 heterocycles. The molecule has 1 aromatic carbocycles. The second kappa shape index (κ2) is 5.02. The van der Waals surface area contributed by atoms with E-state index in [0.29, 0.717) is 22.4 Å². The van der Waals surface area contributed by atoms with Crippen molar-refractivity contribution in [2.24, 2.45) is 0 Å². The fourth-order valence-electron chi connectivity index (χ4n) is 1.44. The molecule has 0 aliphatic heterocycles. The van der Waals surface area contributed by atoms with Gasteiger partial charge in [0.05, 0.1) is 0 Å². The van der Waals surface area contributed by atoms with Crippen molar-refractivity contribution in [2.75, 3.05) is 0 Å². The smallest absolute Gasteiger partial charge is 0.226 e. The summed E-state index contributed by atoms with van der Waals surface area (Å²) in [6.07, 6.45) is 0.774. The highest BCUT2D eigenvalue weighted by molar-refractivity contribution is 9.09. The lowest BCUT2D eigenvalue weighted by atomic mass is 10.2. The average molecular weight is 315 g/mol. The van der Waals surface area contributed by atoms with E-state index in [-0.39, 0.29) is 0 Å². The average Bonchev–Trinajstić information content (AvgIpc) is 2.71. The minimum atomic E-state index is -0.438. The fraction of sp³-hybridized carbons (Fsp3) is 0.167. The topological polar surface area (TPSA) is 43.1 Å². The van der Waals surface area contributed by atoms with E-state index in [2.05, 4.69) is 20.9 Å². The predicted octanol–water partition coefficient (Wildman–Crippen LogP) is 3.94. The van der Waals surface area contributed by atoms with E-state index in [9.17, 15) is 4.79 Å². The van der Waals surface area contributed by atoms with Crippen LogP contribution in [-0.2, 0) is 4.79 Å². The number of carbonyl (C=O) groups excluding carboxylic acids is 1. The normalized spacial score (nSPS) is 12.4. The van der Waals surface area contributed by atoms with Crippen molar-refractivity contribution < 1.29 is 9.21 Å². The molecule has 0 saturated heterocycles. The molecule has 0 bridgehead atoms. The minimum Gasteiger partial charge on any atom is -0.441 e. The molecule has 1 unspecified atom stereocenters. The molecular formula is C12H9BrClNO2. The van der Waals surface area contributed by atoms with Crippen molar-refractivity contribution in [3.05, 3.63) is 40.7 Å². The lowest BCUT2D eigenvalue weighted by Gasteiger charge is -1.95. The molecule has 0 aliphatic rings. The standard InChI is InChI=1S/C12H9BrClNO2/c1-7-11(10(13)6-16)15-12(17-7)8-2-4-9(14)5-3-8/h2-6,10H,1H3. The Hall–Kier alpha value is -1.13. The number of carbonyl (C=O) groups is 1. The fourth-order valence-corrected chi connectivity index (χ4v) is 2.00. The molecular weight excluding hydrogens is 305 g/mol. The third-order valence-electron chi connectivity index (χ3n) is 2.30. The monoisotopic (exact) mass is 313 g/mol. The van der Waals surface area contributed by atoms with Gasteiger partial charge in [0.2, 0.25) is 5.89 Å². The van der Waals surface area contributed by atoms with Crippen LogP contribution in [0.1, 0.15) is 16.3 Å². The quantitative estimate of drug-likeness (QED) is 0.636. The van der Waals surface area contributed by atoms with E-state index in [1.165, 1.54) is 0 Å². The summed E-state index contributed by atoms with van der Waals surface area (Å²) in [6.45, 7) is 1.78.